The van der Waals surface area contributed by atoms with Crippen molar-refractivity contribution in [1.29, 1.82) is 0 Å². The van der Waals surface area contributed by atoms with E-state index < -0.39 is 7.12 Å². The molecule has 0 aromatic carbocycles. The predicted octanol–water partition coefficient (Wildman–Crippen LogP) is 0.858. The molecule has 8 heteroatoms. The van der Waals surface area contributed by atoms with Gasteiger partial charge in [0.25, 0.3) is 0 Å². The summed E-state index contributed by atoms with van der Waals surface area (Å²) in [6.07, 6.45) is 6.05. The molecule has 0 bridgehead atoms. The number of aromatic nitrogens is 2. The van der Waals surface area contributed by atoms with Gasteiger partial charge in [0, 0.05) is 44.0 Å². The first-order valence-electron chi connectivity index (χ1n) is 9.64. The lowest BCUT2D eigenvalue weighted by molar-refractivity contribution is 0.00578. The van der Waals surface area contributed by atoms with Crippen molar-refractivity contribution < 1.29 is 9.31 Å². The number of anilines is 1. The Hall–Kier alpha value is -1.22. The lowest BCUT2D eigenvalue weighted by atomic mass is 9.81. The zero-order valence-electron chi connectivity index (χ0n) is 16.5. The number of piperidine rings is 1. The van der Waals surface area contributed by atoms with Crippen LogP contribution in [0.3, 0.4) is 0 Å². The first-order valence-corrected chi connectivity index (χ1v) is 9.64. The third-order valence-corrected chi connectivity index (χ3v) is 5.79. The van der Waals surface area contributed by atoms with Crippen molar-refractivity contribution in [2.75, 3.05) is 38.0 Å². The fourth-order valence-corrected chi connectivity index (χ4v) is 3.47. The van der Waals surface area contributed by atoms with E-state index in [0.717, 1.165) is 38.2 Å². The molecule has 1 aromatic rings. The number of likely N-dealkylation sites (tertiary alicyclic amines) is 1. The topological polar surface area (TPSA) is 85.5 Å². The zero-order chi connectivity index (χ0) is 18.8. The van der Waals surface area contributed by atoms with Crippen LogP contribution in [0.2, 0.25) is 0 Å². The molecule has 2 aliphatic rings. The standard InChI is InChI=1S/C18H32BN5O2/c1-17(2)18(3,4)26-19(25-17)15-11-22-16(23-12-15)21-10-14-6-5-8-24(13-14)9-7-20/h11-12,14H,5-10,13,20H2,1-4H3,(H,21,22,23)/t14-/m0/s1. The van der Waals surface area contributed by atoms with Gasteiger partial charge in [0.05, 0.1) is 11.2 Å². The van der Waals surface area contributed by atoms with E-state index >= 15 is 0 Å². The molecular weight excluding hydrogens is 329 g/mol. The zero-order valence-corrected chi connectivity index (χ0v) is 16.5. The monoisotopic (exact) mass is 361 g/mol. The van der Waals surface area contributed by atoms with E-state index in [0.29, 0.717) is 11.9 Å². The van der Waals surface area contributed by atoms with E-state index in [1.165, 1.54) is 12.8 Å². The third kappa shape index (κ3) is 4.36. The fourth-order valence-electron chi connectivity index (χ4n) is 3.47. The van der Waals surface area contributed by atoms with Gasteiger partial charge in [-0.05, 0) is 53.0 Å². The molecule has 7 nitrogen and oxygen atoms in total. The second kappa shape index (κ2) is 7.80. The second-order valence-corrected chi connectivity index (χ2v) is 8.41. The van der Waals surface area contributed by atoms with E-state index in [1.807, 2.05) is 27.7 Å². The maximum absolute atomic E-state index is 6.04. The van der Waals surface area contributed by atoms with Gasteiger partial charge in [-0.25, -0.2) is 9.97 Å². The first kappa shape index (κ1) is 19.5. The van der Waals surface area contributed by atoms with E-state index in [-0.39, 0.29) is 11.2 Å². The minimum absolute atomic E-state index is 0.356. The van der Waals surface area contributed by atoms with Crippen LogP contribution in [0.25, 0.3) is 0 Å². The number of rotatable bonds is 6. The van der Waals surface area contributed by atoms with Crippen molar-refractivity contribution >= 4 is 18.5 Å². The summed E-state index contributed by atoms with van der Waals surface area (Å²) in [6, 6.07) is 0. The molecule has 0 radical (unpaired) electrons. The molecule has 0 aliphatic carbocycles. The number of hydrogen-bond donors (Lipinski definition) is 2. The van der Waals surface area contributed by atoms with Crippen molar-refractivity contribution in [3.8, 4) is 0 Å². The van der Waals surface area contributed by atoms with Gasteiger partial charge in [-0.2, -0.15) is 0 Å². The smallest absolute Gasteiger partial charge is 0.399 e. The molecule has 0 amide bonds. The Kier molecular flexibility index (Phi) is 5.86. The van der Waals surface area contributed by atoms with Crippen LogP contribution in [0.5, 0.6) is 0 Å². The van der Waals surface area contributed by atoms with Crippen molar-refractivity contribution in [3.63, 3.8) is 0 Å². The lowest BCUT2D eigenvalue weighted by Gasteiger charge is -2.32. The van der Waals surface area contributed by atoms with Gasteiger partial charge in [-0.1, -0.05) is 0 Å². The van der Waals surface area contributed by atoms with Crippen LogP contribution in [0.15, 0.2) is 12.4 Å². The maximum atomic E-state index is 6.04. The van der Waals surface area contributed by atoms with E-state index in [1.54, 1.807) is 12.4 Å². The largest absolute Gasteiger partial charge is 0.498 e. The van der Waals surface area contributed by atoms with Gasteiger partial charge in [0.1, 0.15) is 0 Å². The molecule has 0 saturated carbocycles. The molecule has 2 saturated heterocycles. The molecule has 3 rings (SSSR count). The number of nitrogens with zero attached hydrogens (tertiary/aromatic N) is 3. The van der Waals surface area contributed by atoms with Gasteiger partial charge in [-0.15, -0.1) is 0 Å². The minimum Gasteiger partial charge on any atom is -0.399 e. The van der Waals surface area contributed by atoms with Crippen LogP contribution in [-0.2, 0) is 9.31 Å². The molecule has 26 heavy (non-hydrogen) atoms. The Balaban J connectivity index is 1.52. The van der Waals surface area contributed by atoms with E-state index in [9.17, 15) is 0 Å². The van der Waals surface area contributed by atoms with Crippen LogP contribution >= 0.6 is 0 Å². The molecule has 0 spiro atoms. The van der Waals surface area contributed by atoms with Gasteiger partial charge < -0.3 is 25.3 Å². The second-order valence-electron chi connectivity index (χ2n) is 8.41. The summed E-state index contributed by atoms with van der Waals surface area (Å²) in [7, 11) is -0.419. The van der Waals surface area contributed by atoms with Crippen molar-refractivity contribution in [1.82, 2.24) is 14.9 Å². The van der Waals surface area contributed by atoms with Crippen LogP contribution in [0, 0.1) is 5.92 Å². The van der Waals surface area contributed by atoms with E-state index in [2.05, 4.69) is 20.2 Å². The van der Waals surface area contributed by atoms with Crippen LogP contribution < -0.4 is 16.5 Å². The van der Waals surface area contributed by atoms with Crippen LogP contribution in [0.4, 0.5) is 5.95 Å². The van der Waals surface area contributed by atoms with Gasteiger partial charge >= 0.3 is 7.12 Å². The average Bonchev–Trinajstić information content (AvgIpc) is 2.82. The molecule has 1 atom stereocenters. The predicted molar refractivity (Wildman–Crippen MR) is 104 cm³/mol. The Morgan fingerprint density at radius 1 is 1.23 bits per heavy atom. The highest BCUT2D eigenvalue weighted by atomic mass is 16.7. The van der Waals surface area contributed by atoms with Crippen molar-refractivity contribution in [3.05, 3.63) is 12.4 Å². The van der Waals surface area contributed by atoms with Crippen LogP contribution in [0.1, 0.15) is 40.5 Å². The Morgan fingerprint density at radius 2 is 1.88 bits per heavy atom. The van der Waals surface area contributed by atoms with Crippen molar-refractivity contribution in [2.45, 2.75) is 51.7 Å². The highest BCUT2D eigenvalue weighted by molar-refractivity contribution is 6.61. The molecule has 0 unspecified atom stereocenters. The molecule has 144 valence electrons. The van der Waals surface area contributed by atoms with Gasteiger partial charge in [0.15, 0.2) is 0 Å². The molecule has 2 aliphatic heterocycles. The summed E-state index contributed by atoms with van der Waals surface area (Å²) >= 11 is 0. The van der Waals surface area contributed by atoms with Crippen LogP contribution in [-0.4, -0.2) is 65.9 Å². The minimum atomic E-state index is -0.419. The summed E-state index contributed by atoms with van der Waals surface area (Å²) in [6.45, 7) is 13.0. The number of nitrogens with two attached hydrogens (primary N) is 1. The highest BCUT2D eigenvalue weighted by Gasteiger charge is 2.51. The summed E-state index contributed by atoms with van der Waals surface area (Å²) in [5, 5.41) is 3.37. The number of nitrogens with one attached hydrogen (secondary N) is 1. The Morgan fingerprint density at radius 3 is 2.50 bits per heavy atom. The summed E-state index contributed by atoms with van der Waals surface area (Å²) in [5.41, 5.74) is 5.81. The Labute approximate surface area is 157 Å². The lowest BCUT2D eigenvalue weighted by Crippen LogP contribution is -2.41. The van der Waals surface area contributed by atoms with Crippen molar-refractivity contribution in [2.24, 2.45) is 11.7 Å². The Bertz CT molecular complexity index is 578. The molecule has 2 fully saturated rings. The average molecular weight is 361 g/mol. The SMILES string of the molecule is CC1(C)OB(c2cnc(NC[C@@H]3CCCN(CCN)C3)nc2)OC1(C)C. The van der Waals surface area contributed by atoms with Gasteiger partial charge in [0.2, 0.25) is 5.95 Å². The van der Waals surface area contributed by atoms with Gasteiger partial charge in [-0.3, -0.25) is 0 Å². The quantitative estimate of drug-likeness (QED) is 0.727. The third-order valence-electron chi connectivity index (χ3n) is 5.79. The normalized spacial score (nSPS) is 25.4. The summed E-state index contributed by atoms with van der Waals surface area (Å²) < 4.78 is 12.1. The van der Waals surface area contributed by atoms with E-state index in [4.69, 9.17) is 15.0 Å². The molecule has 3 N–H and O–H groups in total. The molecule has 3 heterocycles. The molecular formula is C18H32BN5O2. The first-order chi connectivity index (χ1) is 12.3. The fraction of sp³-hybridized carbons (Fsp3) is 0.778. The highest BCUT2D eigenvalue weighted by Crippen LogP contribution is 2.36. The summed E-state index contributed by atoms with van der Waals surface area (Å²) in [4.78, 5) is 11.3. The number of hydrogen-bond acceptors (Lipinski definition) is 7. The summed E-state index contributed by atoms with van der Waals surface area (Å²) in [5.74, 6) is 1.27. The molecule has 1 aromatic heterocycles. The maximum Gasteiger partial charge on any atom is 0.498 e.